The average Bonchev–Trinajstić information content (AvgIpc) is 2.33. The van der Waals surface area contributed by atoms with Gasteiger partial charge in [0.2, 0.25) is 0 Å². The minimum absolute atomic E-state index is 0.795. The smallest absolute Gasteiger partial charge is 0.00912 e. The molecule has 0 radical (unpaired) electrons. The van der Waals surface area contributed by atoms with Gasteiger partial charge in [0.15, 0.2) is 0 Å². The molecule has 0 amide bonds. The Bertz CT molecular complexity index is 179. The molecule has 1 saturated carbocycles. The van der Waals surface area contributed by atoms with Gasteiger partial charge in [-0.3, -0.25) is 0 Å². The lowest BCUT2D eigenvalue weighted by Gasteiger charge is -2.28. The van der Waals surface area contributed by atoms with Gasteiger partial charge in [-0.2, -0.15) is 0 Å². The fraction of sp³-hybridized carbons (Fsp3) is 1.00. The van der Waals surface area contributed by atoms with E-state index in [9.17, 15) is 0 Å². The van der Waals surface area contributed by atoms with E-state index in [1.807, 2.05) is 0 Å². The monoisotopic (exact) mass is 224 g/mol. The van der Waals surface area contributed by atoms with Gasteiger partial charge in [0.25, 0.3) is 0 Å². The summed E-state index contributed by atoms with van der Waals surface area (Å²) in [4.78, 5) is 0. The highest BCUT2D eigenvalue weighted by Gasteiger charge is 2.18. The lowest BCUT2D eigenvalue weighted by molar-refractivity contribution is 0.268. The summed E-state index contributed by atoms with van der Waals surface area (Å²) in [6, 6.07) is 0.795. The summed E-state index contributed by atoms with van der Waals surface area (Å²) in [5.41, 5.74) is 0. The quantitative estimate of drug-likeness (QED) is 0.767. The van der Waals surface area contributed by atoms with Crippen LogP contribution in [0.3, 0.4) is 0 Å². The van der Waals surface area contributed by atoms with Gasteiger partial charge in [0.1, 0.15) is 0 Å². The second kappa shape index (κ2) is 6.61. The summed E-state index contributed by atoms with van der Waals surface area (Å²) in [5.74, 6) is 2.01. The molecule has 0 aromatic carbocycles. The van der Waals surface area contributed by atoms with Gasteiger partial charge in [-0.1, -0.05) is 32.6 Å². The van der Waals surface area contributed by atoms with Gasteiger partial charge >= 0.3 is 0 Å². The van der Waals surface area contributed by atoms with Crippen molar-refractivity contribution >= 4 is 0 Å². The highest BCUT2D eigenvalue weighted by Crippen LogP contribution is 2.29. The van der Waals surface area contributed by atoms with Gasteiger partial charge in [-0.25, -0.2) is 0 Å². The SMILES string of the molecule is CC1CCC(CCNC2CCNCC2)CC1. The van der Waals surface area contributed by atoms with E-state index < -0.39 is 0 Å². The Morgan fingerprint density at radius 3 is 2.38 bits per heavy atom. The van der Waals surface area contributed by atoms with Crippen molar-refractivity contribution in [3.63, 3.8) is 0 Å². The molecular formula is C14H28N2. The van der Waals surface area contributed by atoms with Crippen LogP contribution in [-0.2, 0) is 0 Å². The van der Waals surface area contributed by atoms with Crippen molar-refractivity contribution in [2.75, 3.05) is 19.6 Å². The van der Waals surface area contributed by atoms with E-state index in [1.165, 1.54) is 64.6 Å². The van der Waals surface area contributed by atoms with Gasteiger partial charge in [0, 0.05) is 6.04 Å². The minimum Gasteiger partial charge on any atom is -0.317 e. The maximum absolute atomic E-state index is 3.74. The van der Waals surface area contributed by atoms with Crippen molar-refractivity contribution in [1.82, 2.24) is 10.6 Å². The van der Waals surface area contributed by atoms with E-state index >= 15 is 0 Å². The third kappa shape index (κ3) is 4.06. The van der Waals surface area contributed by atoms with Crippen LogP contribution in [-0.4, -0.2) is 25.7 Å². The van der Waals surface area contributed by atoms with Crippen LogP contribution in [0.5, 0.6) is 0 Å². The first-order chi connectivity index (χ1) is 7.84. The number of nitrogens with one attached hydrogen (secondary N) is 2. The highest BCUT2D eigenvalue weighted by molar-refractivity contribution is 4.76. The van der Waals surface area contributed by atoms with Gasteiger partial charge in [0.05, 0.1) is 0 Å². The summed E-state index contributed by atoms with van der Waals surface area (Å²) in [6.07, 6.45) is 9.96. The lowest BCUT2D eigenvalue weighted by Crippen LogP contribution is -2.40. The molecular weight excluding hydrogens is 196 g/mol. The first-order valence-electron chi connectivity index (χ1n) is 7.28. The molecule has 94 valence electrons. The predicted octanol–water partition coefficient (Wildman–Crippen LogP) is 2.54. The number of rotatable bonds is 4. The Balaban J connectivity index is 1.53. The molecule has 2 fully saturated rings. The molecule has 1 saturated heterocycles. The second-order valence-corrected chi connectivity index (χ2v) is 5.89. The maximum atomic E-state index is 3.74. The van der Waals surface area contributed by atoms with Crippen molar-refractivity contribution in [2.45, 2.75) is 57.9 Å². The Morgan fingerprint density at radius 1 is 1.00 bits per heavy atom. The summed E-state index contributed by atoms with van der Waals surface area (Å²) in [7, 11) is 0. The molecule has 1 heterocycles. The van der Waals surface area contributed by atoms with Crippen molar-refractivity contribution < 1.29 is 0 Å². The zero-order valence-corrected chi connectivity index (χ0v) is 10.8. The van der Waals surface area contributed by atoms with E-state index in [0.717, 1.165) is 17.9 Å². The summed E-state index contributed by atoms with van der Waals surface area (Å²) < 4.78 is 0. The standard InChI is InChI=1S/C14H28N2/c1-12-2-4-13(5-3-12)6-11-16-14-7-9-15-10-8-14/h12-16H,2-11H2,1H3. The van der Waals surface area contributed by atoms with Crippen LogP contribution in [0.15, 0.2) is 0 Å². The van der Waals surface area contributed by atoms with E-state index in [2.05, 4.69) is 17.6 Å². The van der Waals surface area contributed by atoms with Crippen LogP contribution in [0, 0.1) is 11.8 Å². The van der Waals surface area contributed by atoms with E-state index in [0.29, 0.717) is 0 Å². The molecule has 2 N–H and O–H groups in total. The molecule has 0 spiro atoms. The molecule has 16 heavy (non-hydrogen) atoms. The van der Waals surface area contributed by atoms with E-state index in [-0.39, 0.29) is 0 Å². The molecule has 2 heteroatoms. The van der Waals surface area contributed by atoms with E-state index in [1.54, 1.807) is 0 Å². The Morgan fingerprint density at radius 2 is 1.69 bits per heavy atom. The van der Waals surface area contributed by atoms with Gasteiger partial charge in [-0.15, -0.1) is 0 Å². The van der Waals surface area contributed by atoms with Crippen LogP contribution < -0.4 is 10.6 Å². The topological polar surface area (TPSA) is 24.1 Å². The first kappa shape index (κ1) is 12.4. The molecule has 1 aliphatic carbocycles. The molecule has 0 bridgehead atoms. The number of piperidine rings is 1. The Labute approximate surface area is 101 Å². The van der Waals surface area contributed by atoms with Crippen molar-refractivity contribution in [3.05, 3.63) is 0 Å². The number of hydrogen-bond acceptors (Lipinski definition) is 2. The minimum atomic E-state index is 0.795. The Kier molecular flexibility index (Phi) is 5.11. The van der Waals surface area contributed by atoms with Crippen LogP contribution >= 0.6 is 0 Å². The fourth-order valence-corrected chi connectivity index (χ4v) is 3.14. The lowest BCUT2D eigenvalue weighted by atomic mass is 9.81. The van der Waals surface area contributed by atoms with Gasteiger partial charge in [-0.05, 0) is 50.7 Å². The van der Waals surface area contributed by atoms with Gasteiger partial charge < -0.3 is 10.6 Å². The summed E-state index contributed by atoms with van der Waals surface area (Å²) >= 11 is 0. The Hall–Kier alpha value is -0.0800. The summed E-state index contributed by atoms with van der Waals surface area (Å²) in [5, 5.41) is 7.16. The van der Waals surface area contributed by atoms with Crippen molar-refractivity contribution in [2.24, 2.45) is 11.8 Å². The van der Waals surface area contributed by atoms with E-state index in [4.69, 9.17) is 0 Å². The molecule has 0 atom stereocenters. The molecule has 1 aliphatic heterocycles. The molecule has 0 aromatic rings. The normalized spacial score (nSPS) is 32.8. The van der Waals surface area contributed by atoms with Crippen LogP contribution in [0.2, 0.25) is 0 Å². The molecule has 0 unspecified atom stereocenters. The van der Waals surface area contributed by atoms with Crippen LogP contribution in [0.25, 0.3) is 0 Å². The van der Waals surface area contributed by atoms with Crippen LogP contribution in [0.1, 0.15) is 51.9 Å². The fourth-order valence-electron chi connectivity index (χ4n) is 3.14. The largest absolute Gasteiger partial charge is 0.317 e. The van der Waals surface area contributed by atoms with Crippen molar-refractivity contribution in [3.8, 4) is 0 Å². The molecule has 2 aliphatic rings. The van der Waals surface area contributed by atoms with Crippen molar-refractivity contribution in [1.29, 1.82) is 0 Å². The zero-order valence-electron chi connectivity index (χ0n) is 10.8. The summed E-state index contributed by atoms with van der Waals surface area (Å²) in [6.45, 7) is 6.07. The third-order valence-corrected chi connectivity index (χ3v) is 4.46. The predicted molar refractivity (Wildman–Crippen MR) is 69.6 cm³/mol. The second-order valence-electron chi connectivity index (χ2n) is 5.89. The highest BCUT2D eigenvalue weighted by atomic mass is 15.0. The first-order valence-corrected chi connectivity index (χ1v) is 7.28. The molecule has 2 nitrogen and oxygen atoms in total. The molecule has 2 rings (SSSR count). The third-order valence-electron chi connectivity index (χ3n) is 4.46. The van der Waals surface area contributed by atoms with Crippen LogP contribution in [0.4, 0.5) is 0 Å². The molecule has 0 aromatic heterocycles. The number of hydrogen-bond donors (Lipinski definition) is 2. The maximum Gasteiger partial charge on any atom is 0.00912 e. The average molecular weight is 224 g/mol. The zero-order chi connectivity index (χ0) is 11.2.